The lowest BCUT2D eigenvalue weighted by Gasteiger charge is -2.46. The minimum atomic E-state index is -0.728. The number of hydrogen-bond donors (Lipinski definition) is 1. The maximum absolute atomic E-state index is 12.8. The third kappa shape index (κ3) is 2.83. The van der Waals surface area contributed by atoms with Crippen molar-refractivity contribution < 1.29 is 9.59 Å². The summed E-state index contributed by atoms with van der Waals surface area (Å²) >= 11 is 1.95. The molecule has 0 saturated carbocycles. The third-order valence-electron chi connectivity index (χ3n) is 4.55. The predicted molar refractivity (Wildman–Crippen MR) is 82.6 cm³/mol. The highest BCUT2D eigenvalue weighted by atomic mass is 32.2. The molecule has 3 atom stereocenters. The van der Waals surface area contributed by atoms with Crippen molar-refractivity contribution in [2.75, 3.05) is 18.1 Å². The molecular weight excluding hydrogens is 272 g/mol. The van der Waals surface area contributed by atoms with Gasteiger partial charge in [0.25, 0.3) is 0 Å². The van der Waals surface area contributed by atoms with Crippen molar-refractivity contribution in [1.29, 1.82) is 0 Å². The molecule has 4 nitrogen and oxygen atoms in total. The van der Waals surface area contributed by atoms with E-state index in [0.29, 0.717) is 12.3 Å². The van der Waals surface area contributed by atoms with E-state index >= 15 is 0 Å². The summed E-state index contributed by atoms with van der Waals surface area (Å²) < 4.78 is 0. The Bertz CT molecular complexity index is 393. The van der Waals surface area contributed by atoms with Gasteiger partial charge in [-0.05, 0) is 43.1 Å². The molecule has 0 aromatic heterocycles. The summed E-state index contributed by atoms with van der Waals surface area (Å²) in [6.07, 6.45) is 1.79. The van der Waals surface area contributed by atoms with Crippen LogP contribution in [0.1, 0.15) is 40.5 Å². The topological polar surface area (TPSA) is 49.4 Å². The number of piperazine rings is 1. The van der Waals surface area contributed by atoms with E-state index in [4.69, 9.17) is 0 Å². The van der Waals surface area contributed by atoms with Crippen LogP contribution in [0.4, 0.5) is 0 Å². The van der Waals surface area contributed by atoms with Crippen molar-refractivity contribution in [1.82, 2.24) is 10.2 Å². The molecule has 0 spiro atoms. The van der Waals surface area contributed by atoms with Crippen LogP contribution >= 0.6 is 11.8 Å². The molecule has 2 aliphatic rings. The Balaban J connectivity index is 2.23. The van der Waals surface area contributed by atoms with Gasteiger partial charge >= 0.3 is 0 Å². The summed E-state index contributed by atoms with van der Waals surface area (Å²) in [6, 6.07) is -0.312. The zero-order valence-corrected chi connectivity index (χ0v) is 13.8. The summed E-state index contributed by atoms with van der Waals surface area (Å²) in [5, 5.41) is 2.94. The third-order valence-corrected chi connectivity index (χ3v) is 5.79. The van der Waals surface area contributed by atoms with Crippen LogP contribution in [0.5, 0.6) is 0 Å². The maximum atomic E-state index is 12.8. The molecule has 2 saturated heterocycles. The second-order valence-corrected chi connectivity index (χ2v) is 7.70. The number of thioether (sulfide) groups is 1. The highest BCUT2D eigenvalue weighted by Gasteiger charge is 2.48. The normalized spacial score (nSPS) is 34.8. The van der Waals surface area contributed by atoms with Crippen LogP contribution in [-0.2, 0) is 9.59 Å². The number of carbonyl (C=O) groups is 2. The van der Waals surface area contributed by atoms with Crippen molar-refractivity contribution in [3.8, 4) is 0 Å². The van der Waals surface area contributed by atoms with Crippen LogP contribution in [-0.4, -0.2) is 46.3 Å². The minimum absolute atomic E-state index is 0.00889. The number of nitrogens with zero attached hydrogens (tertiary/aromatic N) is 1. The molecule has 0 bridgehead atoms. The fourth-order valence-corrected chi connectivity index (χ4v) is 4.36. The van der Waals surface area contributed by atoms with E-state index < -0.39 is 5.54 Å². The van der Waals surface area contributed by atoms with E-state index in [9.17, 15) is 9.59 Å². The van der Waals surface area contributed by atoms with Crippen molar-refractivity contribution >= 4 is 23.6 Å². The summed E-state index contributed by atoms with van der Waals surface area (Å²) in [5.41, 5.74) is -0.728. The zero-order valence-electron chi connectivity index (χ0n) is 12.9. The van der Waals surface area contributed by atoms with Crippen molar-refractivity contribution in [3.63, 3.8) is 0 Å². The largest absolute Gasteiger partial charge is 0.340 e. The van der Waals surface area contributed by atoms with Gasteiger partial charge in [-0.2, -0.15) is 11.8 Å². The Kier molecular flexibility index (Phi) is 4.67. The first-order valence-electron chi connectivity index (χ1n) is 7.60. The molecule has 0 aromatic carbocycles. The molecule has 0 aromatic rings. The van der Waals surface area contributed by atoms with Gasteiger partial charge in [-0.25, -0.2) is 0 Å². The van der Waals surface area contributed by atoms with Gasteiger partial charge < -0.3 is 10.2 Å². The van der Waals surface area contributed by atoms with E-state index in [1.54, 1.807) is 0 Å². The molecular formula is C15H26N2O2S. The van der Waals surface area contributed by atoms with E-state index in [1.165, 1.54) is 5.75 Å². The maximum Gasteiger partial charge on any atom is 0.248 e. The molecule has 0 radical (unpaired) electrons. The Morgan fingerprint density at radius 3 is 2.65 bits per heavy atom. The molecule has 2 amide bonds. The van der Waals surface area contributed by atoms with E-state index in [-0.39, 0.29) is 23.8 Å². The number of hydrogen-bond acceptors (Lipinski definition) is 3. The Morgan fingerprint density at radius 2 is 2.15 bits per heavy atom. The van der Waals surface area contributed by atoms with E-state index in [0.717, 1.165) is 18.7 Å². The second kappa shape index (κ2) is 5.96. The first kappa shape index (κ1) is 15.7. The van der Waals surface area contributed by atoms with Crippen molar-refractivity contribution in [2.45, 2.75) is 52.1 Å². The number of amides is 2. The highest BCUT2D eigenvalue weighted by molar-refractivity contribution is 7.99. The van der Waals surface area contributed by atoms with Gasteiger partial charge in [0.1, 0.15) is 11.6 Å². The number of carbonyl (C=O) groups excluding carboxylic acids is 2. The summed E-state index contributed by atoms with van der Waals surface area (Å²) in [7, 11) is 0. The lowest BCUT2D eigenvalue weighted by atomic mass is 9.87. The Labute approximate surface area is 126 Å². The number of rotatable bonds is 4. The quantitative estimate of drug-likeness (QED) is 0.862. The number of nitrogens with one attached hydrogen (secondary N) is 1. The molecule has 1 N–H and O–H groups in total. The summed E-state index contributed by atoms with van der Waals surface area (Å²) in [4.78, 5) is 27.1. The molecule has 114 valence electrons. The minimum Gasteiger partial charge on any atom is -0.340 e. The first-order valence-corrected chi connectivity index (χ1v) is 8.75. The smallest absolute Gasteiger partial charge is 0.248 e. The van der Waals surface area contributed by atoms with E-state index in [2.05, 4.69) is 5.32 Å². The lowest BCUT2D eigenvalue weighted by molar-refractivity contribution is -0.157. The molecule has 0 aliphatic carbocycles. The highest BCUT2D eigenvalue weighted by Crippen LogP contribution is 2.30. The van der Waals surface area contributed by atoms with Crippen molar-refractivity contribution in [2.24, 2.45) is 11.8 Å². The standard InChI is InChI=1S/C15H26N2O2S/c1-5-15(4)14(19)17(8-11-6-7-20-9-11)12(10(2)3)13(18)16-15/h10-12H,5-9H2,1-4H3,(H,16,18). The van der Waals surface area contributed by atoms with Crippen LogP contribution in [0.25, 0.3) is 0 Å². The monoisotopic (exact) mass is 298 g/mol. The van der Waals surface area contributed by atoms with Gasteiger partial charge in [-0.15, -0.1) is 0 Å². The molecule has 5 heteroatoms. The summed E-state index contributed by atoms with van der Waals surface area (Å²) in [5.74, 6) is 3.08. The average molecular weight is 298 g/mol. The second-order valence-electron chi connectivity index (χ2n) is 6.55. The summed E-state index contributed by atoms with van der Waals surface area (Å²) in [6.45, 7) is 8.57. The molecule has 20 heavy (non-hydrogen) atoms. The Morgan fingerprint density at radius 1 is 1.45 bits per heavy atom. The molecule has 2 fully saturated rings. The van der Waals surface area contributed by atoms with Gasteiger partial charge in [0.2, 0.25) is 11.8 Å². The van der Waals surface area contributed by atoms with Crippen LogP contribution in [0.15, 0.2) is 0 Å². The molecule has 3 unspecified atom stereocenters. The van der Waals surface area contributed by atoms with Crippen molar-refractivity contribution in [3.05, 3.63) is 0 Å². The van der Waals surface area contributed by atoms with Gasteiger partial charge in [0.15, 0.2) is 0 Å². The molecule has 2 rings (SSSR count). The predicted octanol–water partition coefficient (Wildman–Crippen LogP) is 1.89. The van der Waals surface area contributed by atoms with Gasteiger partial charge in [-0.1, -0.05) is 20.8 Å². The van der Waals surface area contributed by atoms with E-state index in [1.807, 2.05) is 44.4 Å². The van der Waals surface area contributed by atoms with Gasteiger partial charge in [0.05, 0.1) is 0 Å². The first-order chi connectivity index (χ1) is 9.39. The molecule has 2 heterocycles. The average Bonchev–Trinajstić information content (AvgIpc) is 2.88. The van der Waals surface area contributed by atoms with Gasteiger partial charge in [0, 0.05) is 6.54 Å². The van der Waals surface area contributed by atoms with Crippen LogP contribution in [0.3, 0.4) is 0 Å². The lowest BCUT2D eigenvalue weighted by Crippen LogP contribution is -2.70. The van der Waals surface area contributed by atoms with Crippen LogP contribution < -0.4 is 5.32 Å². The molecule has 2 aliphatic heterocycles. The fourth-order valence-electron chi connectivity index (χ4n) is 3.09. The van der Waals surface area contributed by atoms with Crippen LogP contribution in [0, 0.1) is 11.8 Å². The van der Waals surface area contributed by atoms with Gasteiger partial charge in [-0.3, -0.25) is 9.59 Å². The van der Waals surface area contributed by atoms with Crippen LogP contribution in [0.2, 0.25) is 0 Å². The SMILES string of the molecule is CCC1(C)NC(=O)C(C(C)C)N(CC2CCSC2)C1=O. The zero-order chi connectivity index (χ0) is 14.9. The Hall–Kier alpha value is -0.710. The fraction of sp³-hybridized carbons (Fsp3) is 0.867.